The Labute approximate surface area is 161 Å². The second-order valence-electron chi connectivity index (χ2n) is 6.69. The Kier molecular flexibility index (Phi) is 6.44. The van der Waals surface area contributed by atoms with Crippen LogP contribution in [-0.4, -0.2) is 45.0 Å². The third kappa shape index (κ3) is 4.86. The first-order valence-electron chi connectivity index (χ1n) is 9.16. The van der Waals surface area contributed by atoms with Gasteiger partial charge in [-0.25, -0.2) is 0 Å². The Balaban J connectivity index is 1.95. The van der Waals surface area contributed by atoms with Crippen molar-refractivity contribution in [3.63, 3.8) is 0 Å². The molecule has 0 radical (unpaired) electrons. The fourth-order valence-electron chi connectivity index (χ4n) is 2.99. The Morgan fingerprint density at radius 3 is 2.41 bits per heavy atom. The zero-order chi connectivity index (χ0) is 19.1. The molecule has 0 fully saturated rings. The Morgan fingerprint density at radius 1 is 0.926 bits per heavy atom. The zero-order valence-corrected chi connectivity index (χ0v) is 16.2. The van der Waals surface area contributed by atoms with Crippen molar-refractivity contribution in [2.45, 2.75) is 6.42 Å². The summed E-state index contributed by atoms with van der Waals surface area (Å²) in [4.78, 5) is 7.83. The zero-order valence-electron chi connectivity index (χ0n) is 16.2. The van der Waals surface area contributed by atoms with E-state index in [1.165, 1.54) is 5.39 Å². The van der Waals surface area contributed by atoms with E-state index in [0.29, 0.717) is 6.61 Å². The van der Waals surface area contributed by atoms with Crippen molar-refractivity contribution < 1.29 is 9.57 Å². The van der Waals surface area contributed by atoms with Crippen molar-refractivity contribution in [3.8, 4) is 5.75 Å². The summed E-state index contributed by atoms with van der Waals surface area (Å²) >= 11 is 0. The molecule has 0 atom stereocenters. The third-order valence-electron chi connectivity index (χ3n) is 4.41. The molecule has 0 unspecified atom stereocenters. The number of ether oxygens (including phenoxy) is 1. The number of oxime groups is 1. The topological polar surface area (TPSA) is 34.1 Å². The summed E-state index contributed by atoms with van der Waals surface area (Å²) in [5, 5.41) is 6.87. The van der Waals surface area contributed by atoms with Crippen LogP contribution in [0.1, 0.15) is 17.5 Å². The summed E-state index contributed by atoms with van der Waals surface area (Å²) in [6, 6.07) is 22.5. The highest BCUT2D eigenvalue weighted by molar-refractivity contribution is 6.19. The van der Waals surface area contributed by atoms with E-state index in [1.54, 1.807) is 7.11 Å². The highest BCUT2D eigenvalue weighted by Crippen LogP contribution is 2.23. The number of nitrogens with zero attached hydrogens (tertiary/aromatic N) is 2. The number of rotatable bonds is 8. The number of hydrogen-bond donors (Lipinski definition) is 0. The second-order valence-corrected chi connectivity index (χ2v) is 6.69. The van der Waals surface area contributed by atoms with E-state index in [9.17, 15) is 0 Å². The van der Waals surface area contributed by atoms with E-state index in [1.807, 2.05) is 30.3 Å². The maximum Gasteiger partial charge on any atom is 0.118 e. The molecule has 0 aliphatic heterocycles. The summed E-state index contributed by atoms with van der Waals surface area (Å²) in [5.41, 5.74) is 2.89. The van der Waals surface area contributed by atoms with Crippen molar-refractivity contribution in [2.24, 2.45) is 5.16 Å². The van der Waals surface area contributed by atoms with Gasteiger partial charge in [0, 0.05) is 17.7 Å². The summed E-state index contributed by atoms with van der Waals surface area (Å²) in [6.07, 6.45) is 0.932. The first kappa shape index (κ1) is 18.9. The second kappa shape index (κ2) is 9.19. The average molecular weight is 362 g/mol. The highest BCUT2D eigenvalue weighted by atomic mass is 16.6. The van der Waals surface area contributed by atoms with Crippen LogP contribution in [0, 0.1) is 0 Å². The van der Waals surface area contributed by atoms with E-state index < -0.39 is 0 Å². The molecule has 0 N–H and O–H groups in total. The van der Waals surface area contributed by atoms with Crippen LogP contribution in [0.2, 0.25) is 0 Å². The smallest absolute Gasteiger partial charge is 0.118 e. The van der Waals surface area contributed by atoms with Crippen molar-refractivity contribution in [2.75, 3.05) is 34.4 Å². The highest BCUT2D eigenvalue weighted by Gasteiger charge is 2.12. The minimum atomic E-state index is 0.586. The van der Waals surface area contributed by atoms with Crippen LogP contribution in [0.15, 0.2) is 71.9 Å². The molecule has 27 heavy (non-hydrogen) atoms. The van der Waals surface area contributed by atoms with Crippen LogP contribution in [0.4, 0.5) is 0 Å². The largest absolute Gasteiger partial charge is 0.497 e. The summed E-state index contributed by atoms with van der Waals surface area (Å²) in [5.74, 6) is 0.822. The molecule has 3 aromatic carbocycles. The molecule has 4 nitrogen and oxygen atoms in total. The maximum atomic E-state index is 5.69. The summed E-state index contributed by atoms with van der Waals surface area (Å²) in [7, 11) is 5.78. The number of fused-ring (bicyclic) bond motifs is 1. The van der Waals surface area contributed by atoms with Gasteiger partial charge >= 0.3 is 0 Å². The van der Waals surface area contributed by atoms with Crippen LogP contribution in [0.3, 0.4) is 0 Å². The van der Waals surface area contributed by atoms with Crippen molar-refractivity contribution in [1.82, 2.24) is 4.90 Å². The standard InChI is InChI=1S/C23H26N2O2/c1-25(2)16-7-17-27-24-23(19-12-14-20(26-3)15-13-19)22-11-6-9-18-8-4-5-10-21(18)22/h4-6,8-15H,7,16-17H2,1-3H3/b24-23+. The molecule has 0 heterocycles. The molecule has 0 saturated heterocycles. The quantitative estimate of drug-likeness (QED) is 0.334. The van der Waals surface area contributed by atoms with Crippen LogP contribution in [0.25, 0.3) is 10.8 Å². The Hall–Kier alpha value is -2.85. The fraction of sp³-hybridized carbons (Fsp3) is 0.261. The molecule has 4 heteroatoms. The van der Waals surface area contributed by atoms with Gasteiger partial charge in [0.15, 0.2) is 0 Å². The van der Waals surface area contributed by atoms with Gasteiger partial charge in [0.2, 0.25) is 0 Å². The molecule has 3 rings (SSSR count). The Bertz CT molecular complexity index is 896. The molecule has 0 aromatic heterocycles. The molecular weight excluding hydrogens is 336 g/mol. The van der Waals surface area contributed by atoms with E-state index in [0.717, 1.165) is 40.9 Å². The molecule has 0 spiro atoms. The molecule has 0 saturated carbocycles. The van der Waals surface area contributed by atoms with E-state index in [4.69, 9.17) is 9.57 Å². The predicted octanol–water partition coefficient (Wildman–Crippen LogP) is 4.57. The van der Waals surface area contributed by atoms with Gasteiger partial charge in [-0.05, 0) is 55.6 Å². The number of methoxy groups -OCH3 is 1. The normalized spacial score (nSPS) is 11.8. The van der Waals surface area contributed by atoms with E-state index in [-0.39, 0.29) is 0 Å². The van der Waals surface area contributed by atoms with Crippen LogP contribution >= 0.6 is 0 Å². The minimum Gasteiger partial charge on any atom is -0.497 e. The monoisotopic (exact) mass is 362 g/mol. The number of hydrogen-bond acceptors (Lipinski definition) is 4. The first-order valence-corrected chi connectivity index (χ1v) is 9.16. The van der Waals surface area contributed by atoms with Gasteiger partial charge in [0.25, 0.3) is 0 Å². The lowest BCUT2D eigenvalue weighted by Crippen LogP contribution is -2.14. The fourth-order valence-corrected chi connectivity index (χ4v) is 2.99. The summed E-state index contributed by atoms with van der Waals surface area (Å²) < 4.78 is 5.28. The van der Waals surface area contributed by atoms with Gasteiger partial charge in [0.05, 0.1) is 7.11 Å². The lowest BCUT2D eigenvalue weighted by molar-refractivity contribution is 0.135. The number of benzene rings is 3. The van der Waals surface area contributed by atoms with E-state index >= 15 is 0 Å². The van der Waals surface area contributed by atoms with Crippen LogP contribution in [-0.2, 0) is 4.84 Å². The molecule has 140 valence electrons. The van der Waals surface area contributed by atoms with Gasteiger partial charge in [-0.2, -0.15) is 0 Å². The predicted molar refractivity (Wildman–Crippen MR) is 112 cm³/mol. The van der Waals surface area contributed by atoms with Crippen molar-refractivity contribution >= 4 is 16.5 Å². The maximum absolute atomic E-state index is 5.69. The third-order valence-corrected chi connectivity index (χ3v) is 4.41. The van der Waals surface area contributed by atoms with Gasteiger partial charge in [0.1, 0.15) is 18.1 Å². The van der Waals surface area contributed by atoms with Crippen LogP contribution in [0.5, 0.6) is 5.75 Å². The molecular formula is C23H26N2O2. The lowest BCUT2D eigenvalue weighted by atomic mass is 9.96. The first-order chi connectivity index (χ1) is 13.2. The van der Waals surface area contributed by atoms with Gasteiger partial charge in [-0.3, -0.25) is 0 Å². The molecule has 0 bridgehead atoms. The van der Waals surface area contributed by atoms with Crippen LogP contribution < -0.4 is 4.74 Å². The van der Waals surface area contributed by atoms with Gasteiger partial charge < -0.3 is 14.5 Å². The average Bonchev–Trinajstić information content (AvgIpc) is 2.70. The molecule has 0 aliphatic carbocycles. The molecule has 0 amide bonds. The molecule has 3 aromatic rings. The van der Waals surface area contributed by atoms with E-state index in [2.05, 4.69) is 60.5 Å². The lowest BCUT2D eigenvalue weighted by Gasteiger charge is -2.12. The summed E-state index contributed by atoms with van der Waals surface area (Å²) in [6.45, 7) is 1.56. The SMILES string of the molecule is COc1ccc(/C(=N\OCCCN(C)C)c2cccc3ccccc23)cc1. The molecule has 0 aliphatic rings. The van der Waals surface area contributed by atoms with Crippen molar-refractivity contribution in [1.29, 1.82) is 0 Å². The Morgan fingerprint density at radius 2 is 1.67 bits per heavy atom. The van der Waals surface area contributed by atoms with Crippen molar-refractivity contribution in [3.05, 3.63) is 77.9 Å². The van der Waals surface area contributed by atoms with Gasteiger partial charge in [-0.1, -0.05) is 47.6 Å². The van der Waals surface area contributed by atoms with Gasteiger partial charge in [-0.15, -0.1) is 0 Å². The minimum absolute atomic E-state index is 0.586.